The number of hydrogen-bond donors (Lipinski definition) is 1. The number of benzene rings is 2. The van der Waals surface area contributed by atoms with E-state index in [1.165, 1.54) is 11.1 Å². The Kier molecular flexibility index (Phi) is 7.22. The van der Waals surface area contributed by atoms with Crippen molar-refractivity contribution in [2.24, 2.45) is 7.05 Å². The van der Waals surface area contributed by atoms with Crippen molar-refractivity contribution < 1.29 is 13.8 Å². The number of aromatic nitrogens is 2. The van der Waals surface area contributed by atoms with Gasteiger partial charge in [0.05, 0.1) is 10.4 Å². The summed E-state index contributed by atoms with van der Waals surface area (Å²) in [6.45, 7) is 4.04. The number of aryl methyl sites for hydroxylation is 1. The largest absolute Gasteiger partial charge is 0.329 e. The number of amides is 3. The summed E-state index contributed by atoms with van der Waals surface area (Å²) in [5.41, 5.74) is 3.48. The van der Waals surface area contributed by atoms with Gasteiger partial charge in [-0.1, -0.05) is 24.3 Å². The van der Waals surface area contributed by atoms with Gasteiger partial charge in [-0.2, -0.15) is 5.10 Å². The minimum absolute atomic E-state index is 0.248. The monoisotopic (exact) mass is 546 g/mol. The fraction of sp³-hybridized carbons (Fsp3) is 0.414. The smallest absolute Gasteiger partial charge is 0.299 e. The first-order valence-corrected chi connectivity index (χ1v) is 14.8. The number of piperidine rings is 1. The number of hydrogen-bond acceptors (Lipinski definition) is 5. The third-order valence-corrected chi connectivity index (χ3v) is 9.35. The number of urea groups is 1. The van der Waals surface area contributed by atoms with Gasteiger partial charge in [0, 0.05) is 44.7 Å². The van der Waals surface area contributed by atoms with Crippen LogP contribution in [0.15, 0.2) is 59.6 Å². The molecular formula is C29H34N6O3S. The van der Waals surface area contributed by atoms with E-state index in [0.29, 0.717) is 18.3 Å². The molecule has 2 fully saturated rings. The molecule has 3 aromatic rings. The average molecular weight is 547 g/mol. The van der Waals surface area contributed by atoms with E-state index in [4.69, 9.17) is 0 Å². The summed E-state index contributed by atoms with van der Waals surface area (Å²) in [6.07, 6.45) is 8.57. The second-order valence-corrected chi connectivity index (χ2v) is 12.0. The van der Waals surface area contributed by atoms with Crippen LogP contribution in [0.4, 0.5) is 10.6 Å². The van der Waals surface area contributed by atoms with Crippen molar-refractivity contribution in [2.45, 2.75) is 49.5 Å². The summed E-state index contributed by atoms with van der Waals surface area (Å²) in [7, 11) is 0.743. The number of allylic oxidation sites excluding steroid dienone is 1. The molecule has 1 unspecified atom stereocenters. The molecule has 3 aliphatic heterocycles. The van der Waals surface area contributed by atoms with Gasteiger partial charge in [-0.3, -0.25) is 28.9 Å². The summed E-state index contributed by atoms with van der Waals surface area (Å²) in [6, 6.07) is 14.2. The first-order chi connectivity index (χ1) is 19.0. The third-order valence-electron chi connectivity index (χ3n) is 7.96. The van der Waals surface area contributed by atoms with Crippen molar-refractivity contribution in [3.05, 3.63) is 65.9 Å². The van der Waals surface area contributed by atoms with Crippen LogP contribution in [0, 0.1) is 0 Å². The second-order valence-electron chi connectivity index (χ2n) is 10.6. The molecule has 1 atom stereocenters. The zero-order valence-electron chi connectivity index (χ0n) is 22.2. The van der Waals surface area contributed by atoms with E-state index in [-0.39, 0.29) is 12.3 Å². The number of fused-ring (bicyclic) bond motifs is 1. The first-order valence-electron chi connectivity index (χ1n) is 13.7. The molecule has 0 aliphatic carbocycles. The van der Waals surface area contributed by atoms with E-state index < -0.39 is 17.0 Å². The van der Waals surface area contributed by atoms with Gasteiger partial charge >= 0.3 is 6.03 Å². The van der Waals surface area contributed by atoms with Gasteiger partial charge in [-0.25, -0.2) is 9.00 Å². The van der Waals surface area contributed by atoms with Crippen molar-refractivity contribution in [1.82, 2.24) is 24.3 Å². The van der Waals surface area contributed by atoms with E-state index in [2.05, 4.69) is 51.7 Å². The van der Waals surface area contributed by atoms with Crippen LogP contribution in [0.25, 0.3) is 10.9 Å². The molecule has 39 heavy (non-hydrogen) atoms. The van der Waals surface area contributed by atoms with E-state index in [1.54, 1.807) is 4.90 Å². The molecule has 0 spiro atoms. The van der Waals surface area contributed by atoms with E-state index in [1.807, 2.05) is 34.4 Å². The van der Waals surface area contributed by atoms with Crippen molar-refractivity contribution in [3.8, 4) is 0 Å². The molecule has 4 heterocycles. The Balaban J connectivity index is 1.10. The van der Waals surface area contributed by atoms with Crippen molar-refractivity contribution in [2.75, 3.05) is 31.1 Å². The third kappa shape index (κ3) is 5.35. The second kappa shape index (κ2) is 10.9. The molecule has 3 aliphatic rings. The molecule has 1 aromatic heterocycles. The molecule has 3 amide bonds. The number of carbonyl (C=O) groups is 2. The lowest BCUT2D eigenvalue weighted by molar-refractivity contribution is -0.120. The maximum Gasteiger partial charge on any atom is 0.329 e. The number of nitrogens with zero attached hydrogens (tertiary/aromatic N) is 5. The lowest BCUT2D eigenvalue weighted by Gasteiger charge is -2.32. The van der Waals surface area contributed by atoms with Crippen molar-refractivity contribution in [1.29, 1.82) is 0 Å². The molecule has 2 saturated heterocycles. The van der Waals surface area contributed by atoms with Gasteiger partial charge < -0.3 is 0 Å². The Morgan fingerprint density at radius 2 is 1.90 bits per heavy atom. The zero-order chi connectivity index (χ0) is 26.9. The number of nitrogens with one attached hydrogen (secondary N) is 1. The minimum Gasteiger partial charge on any atom is -0.299 e. The number of carbonyl (C=O) groups excluding carboxylic acids is 2. The Labute approximate surface area is 231 Å². The molecule has 0 bridgehead atoms. The Bertz CT molecular complexity index is 1460. The number of anilines is 1. The van der Waals surface area contributed by atoms with Crippen LogP contribution in [0.1, 0.15) is 49.1 Å². The number of imide groups is 1. The molecule has 6 rings (SSSR count). The lowest BCUT2D eigenvalue weighted by Crippen LogP contribution is -2.49. The lowest BCUT2D eigenvalue weighted by atomic mass is 9.89. The van der Waals surface area contributed by atoms with Gasteiger partial charge in [0.1, 0.15) is 0 Å². The summed E-state index contributed by atoms with van der Waals surface area (Å²) < 4.78 is 16.8. The quantitative estimate of drug-likeness (QED) is 0.504. The van der Waals surface area contributed by atoms with Crippen molar-refractivity contribution >= 4 is 39.6 Å². The molecular weight excluding hydrogens is 512 g/mol. The highest BCUT2D eigenvalue weighted by Crippen LogP contribution is 2.34. The molecule has 2 aromatic carbocycles. The van der Waals surface area contributed by atoms with E-state index >= 15 is 0 Å². The van der Waals surface area contributed by atoms with Crippen LogP contribution < -0.4 is 10.2 Å². The van der Waals surface area contributed by atoms with Crippen LogP contribution in [-0.2, 0) is 29.4 Å². The van der Waals surface area contributed by atoms with Gasteiger partial charge in [0.25, 0.3) is 0 Å². The minimum atomic E-state index is -1.15. The van der Waals surface area contributed by atoms with Gasteiger partial charge in [-0.05, 0) is 80.1 Å². The Hall–Kier alpha value is -3.50. The van der Waals surface area contributed by atoms with Gasteiger partial charge in [0.15, 0.2) is 16.8 Å². The van der Waals surface area contributed by atoms with Crippen LogP contribution in [-0.4, -0.2) is 61.3 Å². The van der Waals surface area contributed by atoms with Gasteiger partial charge in [0.2, 0.25) is 5.91 Å². The fourth-order valence-electron chi connectivity index (χ4n) is 5.82. The fourth-order valence-corrected chi connectivity index (χ4v) is 7.02. The SMILES string of the molecule is Cn1nc(N2CCC(=O)NC2=O)c2ccc(C3CCN(Cc4cccc(S(=O)N5C=CCCC5)c4)CC3)cc21. The predicted octanol–water partition coefficient (Wildman–Crippen LogP) is 4.03. The summed E-state index contributed by atoms with van der Waals surface area (Å²) in [5, 5.41) is 7.92. The summed E-state index contributed by atoms with van der Waals surface area (Å²) in [4.78, 5) is 28.8. The van der Waals surface area contributed by atoms with Crippen molar-refractivity contribution in [3.63, 3.8) is 0 Å². The number of rotatable bonds is 6. The predicted molar refractivity (Wildman–Crippen MR) is 151 cm³/mol. The van der Waals surface area contributed by atoms with Crippen LogP contribution in [0.3, 0.4) is 0 Å². The first kappa shape index (κ1) is 25.8. The summed E-state index contributed by atoms with van der Waals surface area (Å²) >= 11 is 0. The molecule has 10 heteroatoms. The molecule has 0 radical (unpaired) electrons. The highest BCUT2D eigenvalue weighted by atomic mass is 32.2. The average Bonchev–Trinajstić information content (AvgIpc) is 3.29. The highest BCUT2D eigenvalue weighted by Gasteiger charge is 2.29. The number of likely N-dealkylation sites (tertiary alicyclic amines) is 1. The van der Waals surface area contributed by atoms with Crippen LogP contribution in [0.2, 0.25) is 0 Å². The van der Waals surface area contributed by atoms with Crippen LogP contribution in [0.5, 0.6) is 0 Å². The maximum atomic E-state index is 13.0. The zero-order valence-corrected chi connectivity index (χ0v) is 23.0. The Morgan fingerprint density at radius 1 is 1.05 bits per heavy atom. The van der Waals surface area contributed by atoms with E-state index in [9.17, 15) is 13.8 Å². The Morgan fingerprint density at radius 3 is 2.67 bits per heavy atom. The highest BCUT2D eigenvalue weighted by molar-refractivity contribution is 7.82. The maximum absolute atomic E-state index is 13.0. The molecule has 0 saturated carbocycles. The van der Waals surface area contributed by atoms with Crippen LogP contribution >= 0.6 is 0 Å². The van der Waals surface area contributed by atoms with E-state index in [0.717, 1.165) is 67.7 Å². The standard InChI is InChI=1S/C29H34N6O3S/c1-32-26-19-23(8-9-25(26)28(31-32)35-17-12-27(36)30-29(35)37)22-10-15-33(16-11-22)20-21-6-5-7-24(18-21)39(38)34-13-3-2-4-14-34/h3,5-9,13,18-19,22H,2,4,10-12,14-17,20H2,1H3,(H,30,36,37). The molecule has 1 N–H and O–H groups in total. The summed E-state index contributed by atoms with van der Waals surface area (Å²) in [5.74, 6) is 0.811. The topological polar surface area (TPSA) is 90.8 Å². The molecule has 204 valence electrons. The van der Waals surface area contributed by atoms with Gasteiger partial charge in [-0.15, -0.1) is 0 Å². The normalized spacial score (nSPS) is 20.0. The molecule has 9 nitrogen and oxygen atoms in total.